The van der Waals surface area contributed by atoms with Crippen molar-refractivity contribution in [2.24, 2.45) is 0 Å². The third kappa shape index (κ3) is 3.27. The van der Waals surface area contributed by atoms with Crippen molar-refractivity contribution in [1.82, 2.24) is 9.88 Å². The molecule has 3 rings (SSSR count). The van der Waals surface area contributed by atoms with Crippen LogP contribution in [-0.2, 0) is 11.2 Å². The lowest BCUT2D eigenvalue weighted by Crippen LogP contribution is -2.33. The van der Waals surface area contributed by atoms with Gasteiger partial charge in [-0.1, -0.05) is 18.9 Å². The van der Waals surface area contributed by atoms with Crippen molar-refractivity contribution in [3.63, 3.8) is 0 Å². The molecule has 1 aliphatic rings. The van der Waals surface area contributed by atoms with Gasteiger partial charge in [-0.3, -0.25) is 4.79 Å². The molecule has 0 N–H and O–H groups in total. The molecule has 0 atom stereocenters. The van der Waals surface area contributed by atoms with Gasteiger partial charge in [-0.05, 0) is 24.3 Å². The zero-order valence-electron chi connectivity index (χ0n) is 11.4. The van der Waals surface area contributed by atoms with Gasteiger partial charge >= 0.3 is 0 Å². The minimum atomic E-state index is 0.231. The van der Waals surface area contributed by atoms with E-state index in [1.54, 1.807) is 22.7 Å². The maximum absolute atomic E-state index is 12.3. The second kappa shape index (κ2) is 6.50. The molecule has 0 saturated carbocycles. The number of thiophene rings is 1. The highest BCUT2D eigenvalue weighted by Crippen LogP contribution is 2.28. The average molecular weight is 306 g/mol. The van der Waals surface area contributed by atoms with Crippen LogP contribution in [0.1, 0.15) is 31.4 Å². The van der Waals surface area contributed by atoms with Crippen LogP contribution in [0.25, 0.3) is 9.88 Å². The van der Waals surface area contributed by atoms with Crippen LogP contribution in [0.4, 0.5) is 0 Å². The molecule has 20 heavy (non-hydrogen) atoms. The second-order valence-corrected chi connectivity index (χ2v) is 6.90. The van der Waals surface area contributed by atoms with Crippen LogP contribution in [0.2, 0.25) is 0 Å². The Hall–Kier alpha value is -1.20. The quantitative estimate of drug-likeness (QED) is 0.864. The van der Waals surface area contributed by atoms with Crippen LogP contribution in [0.15, 0.2) is 22.9 Å². The first-order valence-corrected chi connectivity index (χ1v) is 8.85. The maximum atomic E-state index is 12.3. The molecule has 3 nitrogen and oxygen atoms in total. The number of thiazole rings is 1. The third-order valence-electron chi connectivity index (χ3n) is 3.57. The molecule has 1 saturated heterocycles. The Morgan fingerprint density at radius 2 is 2.00 bits per heavy atom. The van der Waals surface area contributed by atoms with Crippen molar-refractivity contribution in [2.45, 2.75) is 32.1 Å². The number of rotatable bonds is 3. The molecule has 0 radical (unpaired) electrons. The van der Waals surface area contributed by atoms with E-state index in [-0.39, 0.29) is 5.91 Å². The molecule has 2 aromatic heterocycles. The van der Waals surface area contributed by atoms with Crippen molar-refractivity contribution in [1.29, 1.82) is 0 Å². The summed E-state index contributed by atoms with van der Waals surface area (Å²) < 4.78 is 0. The van der Waals surface area contributed by atoms with Crippen molar-refractivity contribution < 1.29 is 4.79 Å². The Labute approximate surface area is 127 Å². The minimum Gasteiger partial charge on any atom is -0.342 e. The van der Waals surface area contributed by atoms with E-state index in [2.05, 4.69) is 16.4 Å². The largest absolute Gasteiger partial charge is 0.342 e. The normalized spacial score (nSPS) is 16.1. The molecule has 1 fully saturated rings. The Kier molecular flexibility index (Phi) is 4.47. The first kappa shape index (κ1) is 13.8. The highest BCUT2D eigenvalue weighted by molar-refractivity contribution is 7.20. The monoisotopic (exact) mass is 306 g/mol. The molecule has 0 aliphatic carbocycles. The zero-order valence-corrected chi connectivity index (χ0v) is 13.0. The van der Waals surface area contributed by atoms with E-state index in [1.165, 1.54) is 17.7 Å². The van der Waals surface area contributed by atoms with Crippen molar-refractivity contribution in [3.05, 3.63) is 28.6 Å². The number of hydrogen-bond acceptors (Lipinski definition) is 4. The van der Waals surface area contributed by atoms with Gasteiger partial charge in [0.2, 0.25) is 5.91 Å². The molecule has 2 aromatic rings. The van der Waals surface area contributed by atoms with Gasteiger partial charge in [0.05, 0.1) is 17.0 Å². The van der Waals surface area contributed by atoms with Crippen LogP contribution >= 0.6 is 22.7 Å². The van der Waals surface area contributed by atoms with Crippen LogP contribution in [0.5, 0.6) is 0 Å². The highest BCUT2D eigenvalue weighted by atomic mass is 32.1. The molecule has 5 heteroatoms. The number of nitrogens with zero attached hydrogens (tertiary/aromatic N) is 2. The summed E-state index contributed by atoms with van der Waals surface area (Å²) in [5.41, 5.74) is 0.910. The number of aromatic nitrogens is 1. The Bertz CT molecular complexity index is 554. The summed E-state index contributed by atoms with van der Waals surface area (Å²) in [6.45, 7) is 1.83. The summed E-state index contributed by atoms with van der Waals surface area (Å²) in [7, 11) is 0. The van der Waals surface area contributed by atoms with E-state index in [0.717, 1.165) is 36.6 Å². The van der Waals surface area contributed by atoms with Crippen molar-refractivity contribution >= 4 is 28.6 Å². The van der Waals surface area contributed by atoms with Gasteiger partial charge in [0.25, 0.3) is 0 Å². The van der Waals surface area contributed by atoms with Gasteiger partial charge in [-0.25, -0.2) is 4.98 Å². The first-order valence-electron chi connectivity index (χ1n) is 7.09. The summed E-state index contributed by atoms with van der Waals surface area (Å²) in [5, 5.41) is 5.10. The molecule has 0 spiro atoms. The standard InChI is InChI=1S/C15H18N2OS2/c18-14(17-7-3-1-2-4-8-17)10-12-11-20-15(16-12)13-6-5-9-19-13/h5-6,9,11H,1-4,7-8,10H2. The third-order valence-corrected chi connectivity index (χ3v) is 5.51. The second-order valence-electron chi connectivity index (χ2n) is 5.09. The Morgan fingerprint density at radius 1 is 1.20 bits per heavy atom. The summed E-state index contributed by atoms with van der Waals surface area (Å²) in [5.74, 6) is 0.231. The fourth-order valence-electron chi connectivity index (χ4n) is 2.49. The summed E-state index contributed by atoms with van der Waals surface area (Å²) >= 11 is 3.32. The summed E-state index contributed by atoms with van der Waals surface area (Å²) in [6, 6.07) is 4.10. The lowest BCUT2D eigenvalue weighted by atomic mass is 10.2. The van der Waals surface area contributed by atoms with Crippen LogP contribution in [0, 0.1) is 0 Å². The lowest BCUT2D eigenvalue weighted by molar-refractivity contribution is -0.130. The summed E-state index contributed by atoms with van der Waals surface area (Å²) in [4.78, 5) is 20.1. The Morgan fingerprint density at radius 3 is 2.70 bits per heavy atom. The fourth-order valence-corrected chi connectivity index (χ4v) is 4.12. The number of hydrogen-bond donors (Lipinski definition) is 0. The van der Waals surface area contributed by atoms with Gasteiger partial charge in [-0.15, -0.1) is 22.7 Å². The van der Waals surface area contributed by atoms with Crippen LogP contribution in [0.3, 0.4) is 0 Å². The van der Waals surface area contributed by atoms with Crippen molar-refractivity contribution in [2.75, 3.05) is 13.1 Å². The molecule has 0 bridgehead atoms. The molecule has 106 valence electrons. The lowest BCUT2D eigenvalue weighted by Gasteiger charge is -2.19. The van der Waals surface area contributed by atoms with E-state index < -0.39 is 0 Å². The van der Waals surface area contributed by atoms with Crippen molar-refractivity contribution in [3.8, 4) is 9.88 Å². The predicted molar refractivity (Wildman–Crippen MR) is 84.2 cm³/mol. The SMILES string of the molecule is O=C(Cc1csc(-c2cccs2)n1)N1CCCCCC1. The molecule has 1 amide bonds. The number of amides is 1. The molecular formula is C15H18N2OS2. The average Bonchev–Trinajstić information content (AvgIpc) is 3.05. The number of carbonyl (C=O) groups excluding carboxylic acids is 1. The van der Waals surface area contributed by atoms with Gasteiger partial charge in [-0.2, -0.15) is 0 Å². The first-order chi connectivity index (χ1) is 9.83. The topological polar surface area (TPSA) is 33.2 Å². The molecule has 0 unspecified atom stereocenters. The van der Waals surface area contributed by atoms with E-state index in [9.17, 15) is 4.79 Å². The summed E-state index contributed by atoms with van der Waals surface area (Å²) in [6.07, 6.45) is 5.24. The maximum Gasteiger partial charge on any atom is 0.228 e. The number of carbonyl (C=O) groups is 1. The fraction of sp³-hybridized carbons (Fsp3) is 0.467. The zero-order chi connectivity index (χ0) is 13.8. The van der Waals surface area contributed by atoms with Crippen LogP contribution in [-0.4, -0.2) is 28.9 Å². The minimum absolute atomic E-state index is 0.231. The molecule has 0 aromatic carbocycles. The van der Waals surface area contributed by atoms with E-state index in [4.69, 9.17) is 0 Å². The molecule has 3 heterocycles. The van der Waals surface area contributed by atoms with E-state index in [1.807, 2.05) is 16.3 Å². The molecular weight excluding hydrogens is 288 g/mol. The van der Waals surface area contributed by atoms with Gasteiger partial charge in [0.1, 0.15) is 5.01 Å². The smallest absolute Gasteiger partial charge is 0.228 e. The Balaban J connectivity index is 1.64. The van der Waals surface area contributed by atoms with Gasteiger partial charge in [0.15, 0.2) is 0 Å². The highest BCUT2D eigenvalue weighted by Gasteiger charge is 2.17. The number of likely N-dealkylation sites (tertiary alicyclic amines) is 1. The van der Waals surface area contributed by atoms with E-state index in [0.29, 0.717) is 6.42 Å². The van der Waals surface area contributed by atoms with Gasteiger partial charge in [0, 0.05) is 18.5 Å². The van der Waals surface area contributed by atoms with Gasteiger partial charge < -0.3 is 4.90 Å². The molecule has 1 aliphatic heterocycles. The van der Waals surface area contributed by atoms with Crippen LogP contribution < -0.4 is 0 Å². The van der Waals surface area contributed by atoms with E-state index >= 15 is 0 Å². The predicted octanol–water partition coefficient (Wildman–Crippen LogP) is 3.82.